The molecule has 0 aliphatic heterocycles. The summed E-state index contributed by atoms with van der Waals surface area (Å²) in [6.07, 6.45) is 10.3. The Labute approximate surface area is 163 Å². The predicted molar refractivity (Wildman–Crippen MR) is 111 cm³/mol. The van der Waals surface area contributed by atoms with Gasteiger partial charge in [0, 0.05) is 17.0 Å². The Bertz CT molecular complexity index is 1000. The third-order valence-corrected chi connectivity index (χ3v) is 7.22. The maximum atomic E-state index is 13.1. The van der Waals surface area contributed by atoms with Crippen molar-refractivity contribution < 1.29 is 0 Å². The number of hydrogen-bond acceptors (Lipinski definition) is 4. The molecular weight excluding hydrogens is 354 g/mol. The topological polar surface area (TPSA) is 46.9 Å². The van der Waals surface area contributed by atoms with Crippen LogP contribution in [0.4, 0.5) is 0 Å². The number of aryl methyl sites for hydroxylation is 1. The molecule has 140 valence electrons. The van der Waals surface area contributed by atoms with Crippen LogP contribution in [-0.2, 0) is 19.4 Å². The van der Waals surface area contributed by atoms with Crippen LogP contribution in [0.3, 0.4) is 0 Å². The van der Waals surface area contributed by atoms with Crippen LogP contribution in [0.15, 0.2) is 41.5 Å². The standard InChI is InChI=1S/C22H25N3OS/c26-22-20-18-11-10-17(24-16-8-4-5-9-16)12-19(18)27-21(20)23-14-25(22)13-15-6-2-1-3-7-15/h1-3,6-7,14,16-17,24H,4-5,8-13H2. The number of benzene rings is 1. The molecule has 1 N–H and O–H groups in total. The monoisotopic (exact) mass is 379 g/mol. The average molecular weight is 380 g/mol. The number of nitrogens with one attached hydrogen (secondary N) is 1. The van der Waals surface area contributed by atoms with Crippen molar-refractivity contribution in [2.24, 2.45) is 0 Å². The van der Waals surface area contributed by atoms with Crippen LogP contribution in [0.5, 0.6) is 0 Å². The molecule has 0 radical (unpaired) electrons. The van der Waals surface area contributed by atoms with Crippen LogP contribution >= 0.6 is 11.3 Å². The molecule has 1 saturated carbocycles. The van der Waals surface area contributed by atoms with Gasteiger partial charge in [0.05, 0.1) is 18.3 Å². The SMILES string of the molecule is O=c1c2c3c(sc2ncn1Cc1ccccc1)CC(NC1CCCC1)CC3. The summed E-state index contributed by atoms with van der Waals surface area (Å²) in [5.74, 6) is 0. The molecule has 2 aromatic heterocycles. The van der Waals surface area contributed by atoms with Crippen molar-refractivity contribution >= 4 is 21.6 Å². The molecule has 1 atom stereocenters. The van der Waals surface area contributed by atoms with Crippen molar-refractivity contribution in [3.8, 4) is 0 Å². The van der Waals surface area contributed by atoms with Crippen LogP contribution in [0.1, 0.15) is 48.1 Å². The highest BCUT2D eigenvalue weighted by molar-refractivity contribution is 7.18. The Balaban J connectivity index is 1.43. The van der Waals surface area contributed by atoms with Gasteiger partial charge in [0.15, 0.2) is 0 Å². The molecule has 3 aromatic rings. The minimum Gasteiger partial charge on any atom is -0.311 e. The molecule has 27 heavy (non-hydrogen) atoms. The molecular formula is C22H25N3OS. The van der Waals surface area contributed by atoms with E-state index in [1.54, 1.807) is 22.2 Å². The van der Waals surface area contributed by atoms with Crippen LogP contribution in [0, 0.1) is 0 Å². The van der Waals surface area contributed by atoms with Gasteiger partial charge in [0.1, 0.15) is 4.83 Å². The second-order valence-electron chi connectivity index (χ2n) is 7.93. The second kappa shape index (κ2) is 7.21. The van der Waals surface area contributed by atoms with Gasteiger partial charge in [0.25, 0.3) is 5.56 Å². The van der Waals surface area contributed by atoms with Crippen molar-refractivity contribution in [2.45, 2.75) is 63.6 Å². The van der Waals surface area contributed by atoms with Gasteiger partial charge in [-0.2, -0.15) is 0 Å². The molecule has 0 bridgehead atoms. The lowest BCUT2D eigenvalue weighted by atomic mass is 9.92. The van der Waals surface area contributed by atoms with Gasteiger partial charge in [-0.15, -0.1) is 11.3 Å². The first-order chi connectivity index (χ1) is 13.3. The van der Waals surface area contributed by atoms with E-state index in [9.17, 15) is 4.79 Å². The first kappa shape index (κ1) is 17.1. The second-order valence-corrected chi connectivity index (χ2v) is 9.02. The Hall–Kier alpha value is -1.98. The zero-order valence-corrected chi connectivity index (χ0v) is 16.3. The van der Waals surface area contributed by atoms with Crippen molar-refractivity contribution in [1.82, 2.24) is 14.9 Å². The summed E-state index contributed by atoms with van der Waals surface area (Å²) in [4.78, 5) is 20.1. The third kappa shape index (κ3) is 3.34. The van der Waals surface area contributed by atoms with Gasteiger partial charge in [0.2, 0.25) is 0 Å². The summed E-state index contributed by atoms with van der Waals surface area (Å²) in [6.45, 7) is 0.582. The maximum Gasteiger partial charge on any atom is 0.262 e. The molecule has 4 nitrogen and oxygen atoms in total. The molecule has 1 aromatic carbocycles. The molecule has 0 amide bonds. The first-order valence-corrected chi connectivity index (χ1v) is 10.9. The molecule has 2 aliphatic carbocycles. The highest BCUT2D eigenvalue weighted by atomic mass is 32.1. The van der Waals surface area contributed by atoms with Crippen molar-refractivity contribution in [2.75, 3.05) is 0 Å². The van der Waals surface area contributed by atoms with Gasteiger partial charge >= 0.3 is 0 Å². The Morgan fingerprint density at radius 1 is 1.11 bits per heavy atom. The minimum absolute atomic E-state index is 0.114. The minimum atomic E-state index is 0.114. The number of nitrogens with zero attached hydrogens (tertiary/aromatic N) is 2. The van der Waals surface area contributed by atoms with E-state index in [1.807, 2.05) is 18.2 Å². The normalized spacial score (nSPS) is 20.2. The van der Waals surface area contributed by atoms with E-state index in [0.717, 1.165) is 35.0 Å². The fourth-order valence-corrected chi connectivity index (χ4v) is 5.92. The van der Waals surface area contributed by atoms with Gasteiger partial charge in [-0.05, 0) is 43.2 Å². The Morgan fingerprint density at radius 3 is 2.74 bits per heavy atom. The molecule has 5 rings (SSSR count). The first-order valence-electron chi connectivity index (χ1n) is 10.1. The smallest absolute Gasteiger partial charge is 0.262 e. The highest BCUT2D eigenvalue weighted by Gasteiger charge is 2.27. The van der Waals surface area contributed by atoms with Gasteiger partial charge in [-0.3, -0.25) is 9.36 Å². The third-order valence-electron chi connectivity index (χ3n) is 6.06. The average Bonchev–Trinajstić information content (AvgIpc) is 3.32. The van der Waals surface area contributed by atoms with Crippen LogP contribution in [0.2, 0.25) is 0 Å². The van der Waals surface area contributed by atoms with Gasteiger partial charge in [-0.1, -0.05) is 43.2 Å². The van der Waals surface area contributed by atoms with E-state index in [1.165, 1.54) is 36.1 Å². The quantitative estimate of drug-likeness (QED) is 0.748. The fraction of sp³-hybridized carbons (Fsp3) is 0.455. The summed E-state index contributed by atoms with van der Waals surface area (Å²) in [7, 11) is 0. The number of thiophene rings is 1. The zero-order valence-electron chi connectivity index (χ0n) is 15.5. The molecule has 5 heteroatoms. The maximum absolute atomic E-state index is 13.1. The lowest BCUT2D eigenvalue weighted by Crippen LogP contribution is -2.40. The van der Waals surface area contributed by atoms with Crippen molar-refractivity contribution in [1.29, 1.82) is 0 Å². The number of hydrogen-bond donors (Lipinski definition) is 1. The fourth-order valence-electron chi connectivity index (χ4n) is 4.66. The number of aromatic nitrogens is 2. The lowest BCUT2D eigenvalue weighted by molar-refractivity contribution is 0.399. The molecule has 0 saturated heterocycles. The summed E-state index contributed by atoms with van der Waals surface area (Å²) in [5, 5.41) is 4.73. The van der Waals surface area contributed by atoms with Crippen LogP contribution in [-0.4, -0.2) is 21.6 Å². The summed E-state index contributed by atoms with van der Waals surface area (Å²) in [5.41, 5.74) is 2.51. The number of fused-ring (bicyclic) bond motifs is 3. The van der Waals surface area contributed by atoms with Gasteiger partial charge < -0.3 is 5.32 Å². The molecule has 0 spiro atoms. The van der Waals surface area contributed by atoms with E-state index < -0.39 is 0 Å². The Morgan fingerprint density at radius 2 is 1.93 bits per heavy atom. The number of rotatable bonds is 4. The molecule has 2 heterocycles. The molecule has 1 unspecified atom stereocenters. The van der Waals surface area contributed by atoms with Gasteiger partial charge in [-0.25, -0.2) is 4.98 Å². The van der Waals surface area contributed by atoms with Crippen molar-refractivity contribution in [3.63, 3.8) is 0 Å². The summed E-state index contributed by atoms with van der Waals surface area (Å²) >= 11 is 1.73. The largest absolute Gasteiger partial charge is 0.311 e. The Kier molecular flexibility index (Phi) is 4.58. The van der Waals surface area contributed by atoms with Crippen LogP contribution < -0.4 is 10.9 Å². The van der Waals surface area contributed by atoms with E-state index in [0.29, 0.717) is 18.6 Å². The van der Waals surface area contributed by atoms with Crippen LogP contribution in [0.25, 0.3) is 10.2 Å². The highest BCUT2D eigenvalue weighted by Crippen LogP contribution is 2.34. The predicted octanol–water partition coefficient (Wildman–Crippen LogP) is 3.90. The molecule has 2 aliphatic rings. The lowest BCUT2D eigenvalue weighted by Gasteiger charge is -2.26. The molecule has 1 fully saturated rings. The van der Waals surface area contributed by atoms with E-state index in [4.69, 9.17) is 0 Å². The zero-order chi connectivity index (χ0) is 18.2. The summed E-state index contributed by atoms with van der Waals surface area (Å²) in [6, 6.07) is 11.4. The van der Waals surface area contributed by atoms with E-state index in [-0.39, 0.29) is 5.56 Å². The van der Waals surface area contributed by atoms with Crippen molar-refractivity contribution in [3.05, 3.63) is 63.0 Å². The summed E-state index contributed by atoms with van der Waals surface area (Å²) < 4.78 is 1.76. The van der Waals surface area contributed by atoms with E-state index >= 15 is 0 Å². The van der Waals surface area contributed by atoms with E-state index in [2.05, 4.69) is 22.4 Å².